The fourth-order valence-corrected chi connectivity index (χ4v) is 2.85. The number of para-hydroxylation sites is 1. The Labute approximate surface area is 162 Å². The van der Waals surface area contributed by atoms with Crippen LogP contribution in [0.1, 0.15) is 41.9 Å². The average molecular weight is 379 g/mol. The summed E-state index contributed by atoms with van der Waals surface area (Å²) in [5, 5.41) is 6.54. The van der Waals surface area contributed by atoms with Crippen LogP contribution in [0.4, 0.5) is 14.5 Å². The minimum Gasteiger partial charge on any atom is -0.321 e. The van der Waals surface area contributed by atoms with Crippen molar-refractivity contribution in [2.24, 2.45) is 0 Å². The number of benzene rings is 2. The SMILES string of the molecule is CC#Cc1ccc(-c2ccccc2NC(=O)c2cn(CC)nc2C(F)F)cc1. The van der Waals surface area contributed by atoms with Crippen molar-refractivity contribution >= 4 is 11.6 Å². The summed E-state index contributed by atoms with van der Waals surface area (Å²) in [6.45, 7) is 3.94. The maximum atomic E-state index is 13.3. The van der Waals surface area contributed by atoms with E-state index in [0.29, 0.717) is 12.2 Å². The van der Waals surface area contributed by atoms with Gasteiger partial charge in [0.2, 0.25) is 0 Å². The van der Waals surface area contributed by atoms with Gasteiger partial charge >= 0.3 is 0 Å². The minimum atomic E-state index is -2.82. The molecule has 142 valence electrons. The number of rotatable bonds is 5. The normalized spacial score (nSPS) is 10.5. The van der Waals surface area contributed by atoms with Gasteiger partial charge in [0.05, 0.1) is 5.56 Å². The van der Waals surface area contributed by atoms with E-state index in [1.807, 2.05) is 36.4 Å². The van der Waals surface area contributed by atoms with Crippen molar-refractivity contribution in [3.63, 3.8) is 0 Å². The lowest BCUT2D eigenvalue weighted by atomic mass is 10.0. The first-order valence-corrected chi connectivity index (χ1v) is 8.82. The molecule has 1 amide bonds. The summed E-state index contributed by atoms with van der Waals surface area (Å²) in [5.74, 6) is 5.21. The number of hydrogen-bond donors (Lipinski definition) is 1. The van der Waals surface area contributed by atoms with Gasteiger partial charge in [0.15, 0.2) is 0 Å². The van der Waals surface area contributed by atoms with Crippen LogP contribution in [-0.2, 0) is 6.54 Å². The van der Waals surface area contributed by atoms with Crippen molar-refractivity contribution in [2.75, 3.05) is 5.32 Å². The molecule has 6 heteroatoms. The summed E-state index contributed by atoms with van der Waals surface area (Å²) in [6, 6.07) is 14.8. The van der Waals surface area contributed by atoms with Crippen molar-refractivity contribution in [1.82, 2.24) is 9.78 Å². The van der Waals surface area contributed by atoms with Crippen molar-refractivity contribution < 1.29 is 13.6 Å². The lowest BCUT2D eigenvalue weighted by molar-refractivity contribution is 0.101. The van der Waals surface area contributed by atoms with Crippen molar-refractivity contribution in [3.05, 3.63) is 71.5 Å². The van der Waals surface area contributed by atoms with Gasteiger partial charge in [-0.15, -0.1) is 5.92 Å². The molecule has 0 saturated heterocycles. The van der Waals surface area contributed by atoms with Gasteiger partial charge in [0.25, 0.3) is 12.3 Å². The van der Waals surface area contributed by atoms with E-state index in [0.717, 1.165) is 16.7 Å². The second kappa shape index (κ2) is 8.49. The highest BCUT2D eigenvalue weighted by molar-refractivity contribution is 6.06. The zero-order valence-corrected chi connectivity index (χ0v) is 15.5. The number of nitrogens with zero attached hydrogens (tertiary/aromatic N) is 2. The monoisotopic (exact) mass is 379 g/mol. The van der Waals surface area contributed by atoms with Crippen molar-refractivity contribution in [2.45, 2.75) is 26.8 Å². The van der Waals surface area contributed by atoms with Crippen LogP contribution in [0.5, 0.6) is 0 Å². The van der Waals surface area contributed by atoms with Gasteiger partial charge < -0.3 is 5.32 Å². The average Bonchev–Trinajstić information content (AvgIpc) is 3.14. The first-order chi connectivity index (χ1) is 13.5. The molecule has 2 aromatic carbocycles. The number of halogens is 2. The maximum absolute atomic E-state index is 13.3. The molecule has 3 rings (SSSR count). The molecule has 0 aliphatic rings. The van der Waals surface area contributed by atoms with Crippen molar-refractivity contribution in [3.8, 4) is 23.0 Å². The quantitative estimate of drug-likeness (QED) is 0.625. The standard InChI is InChI=1S/C22H19F2N3O/c1-3-7-15-10-12-16(13-11-15)17-8-5-6-9-19(17)25-22(28)18-14-27(4-2)26-20(18)21(23)24/h5-6,8-14,21H,4H2,1-2H3,(H,25,28). The van der Waals surface area contributed by atoms with Gasteiger partial charge in [-0.1, -0.05) is 36.3 Å². The third kappa shape index (κ3) is 4.09. The molecule has 0 bridgehead atoms. The number of carbonyl (C=O) groups excluding carboxylic acids is 1. The van der Waals surface area contributed by atoms with E-state index >= 15 is 0 Å². The van der Waals surface area contributed by atoms with Gasteiger partial charge in [-0.25, -0.2) is 8.78 Å². The molecule has 1 heterocycles. The predicted molar refractivity (Wildman–Crippen MR) is 105 cm³/mol. The van der Waals surface area contributed by atoms with E-state index in [-0.39, 0.29) is 5.56 Å². The summed E-state index contributed by atoms with van der Waals surface area (Å²) in [5.41, 5.74) is 2.45. The highest BCUT2D eigenvalue weighted by atomic mass is 19.3. The van der Waals surface area contributed by atoms with Gasteiger partial charge in [0.1, 0.15) is 5.69 Å². The summed E-state index contributed by atoms with van der Waals surface area (Å²) in [7, 11) is 0. The van der Waals surface area contributed by atoms with E-state index in [2.05, 4.69) is 22.3 Å². The molecule has 0 fully saturated rings. The van der Waals surface area contributed by atoms with Crippen molar-refractivity contribution in [1.29, 1.82) is 0 Å². The van der Waals surface area contributed by atoms with E-state index in [4.69, 9.17) is 0 Å². The summed E-state index contributed by atoms with van der Waals surface area (Å²) >= 11 is 0. The number of alkyl halides is 2. The Bertz CT molecular complexity index is 1040. The molecule has 0 spiro atoms. The molecule has 28 heavy (non-hydrogen) atoms. The van der Waals surface area contributed by atoms with Crippen LogP contribution in [0.3, 0.4) is 0 Å². The molecule has 1 aromatic heterocycles. The molecular formula is C22H19F2N3O. The van der Waals surface area contributed by atoms with Crippen LogP contribution in [-0.4, -0.2) is 15.7 Å². The Hall–Kier alpha value is -3.46. The highest BCUT2D eigenvalue weighted by Crippen LogP contribution is 2.29. The Kier molecular flexibility index (Phi) is 5.85. The van der Waals surface area contributed by atoms with Crippen LogP contribution >= 0.6 is 0 Å². The minimum absolute atomic E-state index is 0.125. The first-order valence-electron chi connectivity index (χ1n) is 8.82. The van der Waals surface area contributed by atoms with Crippen LogP contribution < -0.4 is 5.32 Å². The topological polar surface area (TPSA) is 46.9 Å². The predicted octanol–water partition coefficient (Wildman–Crippen LogP) is 5.13. The molecule has 0 unspecified atom stereocenters. The van der Waals surface area contributed by atoms with Crippen LogP contribution in [0.2, 0.25) is 0 Å². The number of amides is 1. The molecule has 0 saturated carbocycles. The summed E-state index contributed by atoms with van der Waals surface area (Å²) in [4.78, 5) is 12.7. The lowest BCUT2D eigenvalue weighted by Crippen LogP contribution is -2.14. The van der Waals surface area contributed by atoms with Gasteiger partial charge in [-0.3, -0.25) is 9.48 Å². The number of aromatic nitrogens is 2. The smallest absolute Gasteiger partial charge is 0.282 e. The zero-order valence-electron chi connectivity index (χ0n) is 15.5. The Morgan fingerprint density at radius 1 is 1.18 bits per heavy atom. The van der Waals surface area contributed by atoms with Gasteiger partial charge in [-0.05, 0) is 37.6 Å². The van der Waals surface area contributed by atoms with Crippen LogP contribution in [0.15, 0.2) is 54.7 Å². The number of carbonyl (C=O) groups is 1. The molecule has 0 atom stereocenters. The van der Waals surface area contributed by atoms with E-state index < -0.39 is 18.0 Å². The molecule has 0 aliphatic carbocycles. The Balaban J connectivity index is 1.92. The molecule has 4 nitrogen and oxygen atoms in total. The zero-order chi connectivity index (χ0) is 20.1. The second-order valence-electron chi connectivity index (χ2n) is 6.04. The molecule has 1 N–H and O–H groups in total. The first kappa shape index (κ1) is 19.3. The third-order valence-corrected chi connectivity index (χ3v) is 4.21. The largest absolute Gasteiger partial charge is 0.321 e. The Morgan fingerprint density at radius 2 is 1.89 bits per heavy atom. The molecule has 3 aromatic rings. The van der Waals surface area contributed by atoms with E-state index in [1.54, 1.807) is 26.0 Å². The number of nitrogens with one attached hydrogen (secondary N) is 1. The highest BCUT2D eigenvalue weighted by Gasteiger charge is 2.23. The number of anilines is 1. The summed E-state index contributed by atoms with van der Waals surface area (Å²) in [6.07, 6.45) is -1.48. The van der Waals surface area contributed by atoms with E-state index in [9.17, 15) is 13.6 Å². The molecule has 0 radical (unpaired) electrons. The third-order valence-electron chi connectivity index (χ3n) is 4.21. The van der Waals surface area contributed by atoms with Crippen LogP contribution in [0, 0.1) is 11.8 Å². The van der Waals surface area contributed by atoms with E-state index in [1.165, 1.54) is 10.9 Å². The van der Waals surface area contributed by atoms with Gasteiger partial charge in [0, 0.05) is 29.6 Å². The number of aryl methyl sites for hydroxylation is 1. The van der Waals surface area contributed by atoms with Crippen LogP contribution in [0.25, 0.3) is 11.1 Å². The molecular weight excluding hydrogens is 360 g/mol. The molecule has 0 aliphatic heterocycles. The number of hydrogen-bond acceptors (Lipinski definition) is 2. The fourth-order valence-electron chi connectivity index (χ4n) is 2.85. The second-order valence-corrected chi connectivity index (χ2v) is 6.04. The lowest BCUT2D eigenvalue weighted by Gasteiger charge is -2.11. The fraction of sp³-hybridized carbons (Fsp3) is 0.182. The van der Waals surface area contributed by atoms with Gasteiger partial charge in [-0.2, -0.15) is 5.10 Å². The Morgan fingerprint density at radius 3 is 2.54 bits per heavy atom. The maximum Gasteiger partial charge on any atom is 0.282 e. The summed E-state index contributed by atoms with van der Waals surface area (Å²) < 4.78 is 27.8.